The van der Waals surface area contributed by atoms with Crippen molar-refractivity contribution in [3.63, 3.8) is 0 Å². The number of nitrogen functional groups attached to an aromatic ring is 1. The lowest BCUT2D eigenvalue weighted by atomic mass is 10.1. The molecule has 2 aromatic carbocycles. The summed E-state index contributed by atoms with van der Waals surface area (Å²) in [6, 6.07) is 19.6. The number of nitrogens with two attached hydrogens (primary N) is 1. The average Bonchev–Trinajstić information content (AvgIpc) is 2.49. The molecule has 0 atom stereocenters. The molecule has 3 rings (SSSR count). The van der Waals surface area contributed by atoms with Crippen molar-refractivity contribution < 1.29 is 4.74 Å². The molecular formula is C16H13N3O. The second kappa shape index (κ2) is 5.40. The number of hydrogen-bond acceptors (Lipinski definition) is 4. The van der Waals surface area contributed by atoms with Gasteiger partial charge in [-0.3, -0.25) is 0 Å². The molecule has 0 aliphatic carbocycles. The van der Waals surface area contributed by atoms with Gasteiger partial charge in [0.25, 0.3) is 0 Å². The summed E-state index contributed by atoms with van der Waals surface area (Å²) in [4.78, 5) is 7.82. The van der Waals surface area contributed by atoms with Gasteiger partial charge in [-0.25, -0.2) is 9.97 Å². The van der Waals surface area contributed by atoms with E-state index in [-0.39, 0.29) is 0 Å². The molecule has 2 N–H and O–H groups in total. The normalized spacial score (nSPS) is 10.2. The summed E-state index contributed by atoms with van der Waals surface area (Å²) >= 11 is 0. The molecule has 0 spiro atoms. The van der Waals surface area contributed by atoms with E-state index in [2.05, 4.69) is 22.1 Å². The molecule has 98 valence electrons. The molecule has 0 unspecified atom stereocenters. The average molecular weight is 263 g/mol. The zero-order valence-electron chi connectivity index (χ0n) is 10.7. The lowest BCUT2D eigenvalue weighted by Gasteiger charge is -2.06. The van der Waals surface area contributed by atoms with E-state index in [9.17, 15) is 0 Å². The Balaban J connectivity index is 1.80. The van der Waals surface area contributed by atoms with E-state index in [4.69, 9.17) is 10.5 Å². The number of benzene rings is 2. The largest absolute Gasteiger partial charge is 0.439 e. The predicted molar refractivity (Wildman–Crippen MR) is 78.4 cm³/mol. The quantitative estimate of drug-likeness (QED) is 0.785. The number of ether oxygens (including phenoxy) is 1. The van der Waals surface area contributed by atoms with Gasteiger partial charge in [-0.05, 0) is 23.3 Å². The maximum absolute atomic E-state index is 5.62. The standard InChI is InChI=1S/C16H13N3O/c17-15-10-16(19-11-18-15)20-14-8-6-13(7-9-14)12-4-2-1-3-5-12/h1-11H,(H2,17,18,19). The number of rotatable bonds is 3. The van der Waals surface area contributed by atoms with E-state index in [1.54, 1.807) is 6.07 Å². The molecule has 3 aromatic rings. The van der Waals surface area contributed by atoms with Gasteiger partial charge < -0.3 is 10.5 Å². The molecule has 0 aliphatic rings. The van der Waals surface area contributed by atoms with Crippen LogP contribution in [0.15, 0.2) is 67.0 Å². The van der Waals surface area contributed by atoms with Crippen LogP contribution < -0.4 is 10.5 Å². The van der Waals surface area contributed by atoms with E-state index in [1.807, 2.05) is 42.5 Å². The highest BCUT2D eigenvalue weighted by Crippen LogP contribution is 2.24. The van der Waals surface area contributed by atoms with Crippen LogP contribution in [-0.2, 0) is 0 Å². The van der Waals surface area contributed by atoms with Crippen molar-refractivity contribution in [2.45, 2.75) is 0 Å². The van der Waals surface area contributed by atoms with Crippen molar-refractivity contribution in [2.24, 2.45) is 0 Å². The highest BCUT2D eigenvalue weighted by atomic mass is 16.5. The fraction of sp³-hybridized carbons (Fsp3) is 0. The zero-order valence-corrected chi connectivity index (χ0v) is 10.7. The molecular weight excluding hydrogens is 250 g/mol. The first-order chi connectivity index (χ1) is 9.81. The van der Waals surface area contributed by atoms with Crippen LogP contribution in [0.3, 0.4) is 0 Å². The van der Waals surface area contributed by atoms with Gasteiger partial charge in [0.15, 0.2) is 0 Å². The lowest BCUT2D eigenvalue weighted by molar-refractivity contribution is 0.462. The smallest absolute Gasteiger partial charge is 0.224 e. The van der Waals surface area contributed by atoms with Crippen LogP contribution in [0.2, 0.25) is 0 Å². The van der Waals surface area contributed by atoms with Crippen LogP contribution in [-0.4, -0.2) is 9.97 Å². The van der Waals surface area contributed by atoms with Crippen molar-refractivity contribution in [3.8, 4) is 22.8 Å². The first kappa shape index (κ1) is 12.2. The summed E-state index contributed by atoms with van der Waals surface area (Å²) in [5.41, 5.74) is 7.89. The summed E-state index contributed by atoms with van der Waals surface area (Å²) in [6.07, 6.45) is 1.38. The third-order valence-corrected chi connectivity index (χ3v) is 2.85. The number of hydrogen-bond donors (Lipinski definition) is 1. The predicted octanol–water partition coefficient (Wildman–Crippen LogP) is 3.52. The summed E-state index contributed by atoms with van der Waals surface area (Å²) in [7, 11) is 0. The Morgan fingerprint density at radius 1 is 0.800 bits per heavy atom. The number of nitrogens with zero attached hydrogens (tertiary/aromatic N) is 2. The monoisotopic (exact) mass is 263 g/mol. The van der Waals surface area contributed by atoms with Crippen LogP contribution in [0.1, 0.15) is 0 Å². The molecule has 0 saturated carbocycles. The van der Waals surface area contributed by atoms with Crippen molar-refractivity contribution >= 4 is 5.82 Å². The summed E-state index contributed by atoms with van der Waals surface area (Å²) in [6.45, 7) is 0. The molecule has 1 heterocycles. The van der Waals surface area contributed by atoms with Gasteiger partial charge in [-0.2, -0.15) is 0 Å². The summed E-state index contributed by atoms with van der Waals surface area (Å²) in [5.74, 6) is 1.53. The third kappa shape index (κ3) is 2.75. The van der Waals surface area contributed by atoms with Gasteiger partial charge >= 0.3 is 0 Å². The zero-order chi connectivity index (χ0) is 13.8. The molecule has 0 fully saturated rings. The second-order valence-electron chi connectivity index (χ2n) is 4.27. The molecule has 4 heteroatoms. The fourth-order valence-electron chi connectivity index (χ4n) is 1.88. The van der Waals surface area contributed by atoms with Crippen LogP contribution in [0.5, 0.6) is 11.6 Å². The molecule has 0 aliphatic heterocycles. The maximum atomic E-state index is 5.62. The number of anilines is 1. The Kier molecular flexibility index (Phi) is 3.29. The van der Waals surface area contributed by atoms with E-state index < -0.39 is 0 Å². The van der Waals surface area contributed by atoms with Crippen LogP contribution in [0.25, 0.3) is 11.1 Å². The van der Waals surface area contributed by atoms with Crippen LogP contribution in [0, 0.1) is 0 Å². The van der Waals surface area contributed by atoms with Crippen molar-refractivity contribution in [2.75, 3.05) is 5.73 Å². The van der Waals surface area contributed by atoms with E-state index in [1.165, 1.54) is 11.9 Å². The summed E-state index contributed by atoms with van der Waals surface area (Å²) < 4.78 is 5.62. The topological polar surface area (TPSA) is 61.0 Å². The van der Waals surface area contributed by atoms with E-state index in [0.29, 0.717) is 17.4 Å². The SMILES string of the molecule is Nc1cc(Oc2ccc(-c3ccccc3)cc2)ncn1. The lowest BCUT2D eigenvalue weighted by Crippen LogP contribution is -1.93. The van der Waals surface area contributed by atoms with E-state index in [0.717, 1.165) is 5.56 Å². The van der Waals surface area contributed by atoms with Gasteiger partial charge in [0, 0.05) is 6.07 Å². The first-order valence-electron chi connectivity index (χ1n) is 6.22. The van der Waals surface area contributed by atoms with Gasteiger partial charge in [0.05, 0.1) is 0 Å². The van der Waals surface area contributed by atoms with Crippen LogP contribution in [0.4, 0.5) is 5.82 Å². The van der Waals surface area contributed by atoms with Crippen LogP contribution >= 0.6 is 0 Å². The molecule has 0 bridgehead atoms. The Bertz CT molecular complexity index is 696. The molecule has 0 radical (unpaired) electrons. The minimum Gasteiger partial charge on any atom is -0.439 e. The van der Waals surface area contributed by atoms with E-state index >= 15 is 0 Å². The van der Waals surface area contributed by atoms with Crippen molar-refractivity contribution in [3.05, 3.63) is 67.0 Å². The van der Waals surface area contributed by atoms with Gasteiger partial charge in [-0.15, -0.1) is 0 Å². The molecule has 0 saturated heterocycles. The molecule has 20 heavy (non-hydrogen) atoms. The Hall–Kier alpha value is -2.88. The van der Waals surface area contributed by atoms with Gasteiger partial charge in [-0.1, -0.05) is 42.5 Å². The Morgan fingerprint density at radius 2 is 1.50 bits per heavy atom. The maximum Gasteiger partial charge on any atom is 0.224 e. The highest BCUT2D eigenvalue weighted by molar-refractivity contribution is 5.64. The second-order valence-corrected chi connectivity index (χ2v) is 4.27. The Morgan fingerprint density at radius 3 is 2.20 bits per heavy atom. The summed E-state index contributed by atoms with van der Waals surface area (Å²) in [5, 5.41) is 0. The Labute approximate surface area is 116 Å². The highest BCUT2D eigenvalue weighted by Gasteiger charge is 2.01. The molecule has 0 amide bonds. The van der Waals surface area contributed by atoms with Crippen molar-refractivity contribution in [1.29, 1.82) is 0 Å². The minimum atomic E-state index is 0.385. The minimum absolute atomic E-state index is 0.385. The first-order valence-corrected chi connectivity index (χ1v) is 6.22. The fourth-order valence-corrected chi connectivity index (χ4v) is 1.88. The molecule has 4 nitrogen and oxygen atoms in total. The number of aromatic nitrogens is 2. The van der Waals surface area contributed by atoms with Crippen molar-refractivity contribution in [1.82, 2.24) is 9.97 Å². The van der Waals surface area contributed by atoms with Gasteiger partial charge in [0.2, 0.25) is 5.88 Å². The van der Waals surface area contributed by atoms with Gasteiger partial charge in [0.1, 0.15) is 17.9 Å². The molecule has 1 aromatic heterocycles. The third-order valence-electron chi connectivity index (χ3n) is 2.85.